The Bertz CT molecular complexity index is 453. The highest BCUT2D eigenvalue weighted by Gasteiger charge is 2.25. The molecule has 112 valence electrons. The molecule has 0 radical (unpaired) electrons. The first-order valence-electron chi connectivity index (χ1n) is 7.82. The van der Waals surface area contributed by atoms with Crippen LogP contribution in [-0.2, 0) is 6.42 Å². The second-order valence-electron chi connectivity index (χ2n) is 5.93. The summed E-state index contributed by atoms with van der Waals surface area (Å²) in [5, 5.41) is 0.598. The molecule has 0 aliphatic heterocycles. The Labute approximate surface area is 127 Å². The molecule has 0 saturated heterocycles. The van der Waals surface area contributed by atoms with Gasteiger partial charge >= 0.3 is 0 Å². The fourth-order valence-corrected chi connectivity index (χ4v) is 3.32. The topological polar surface area (TPSA) is 29.0 Å². The summed E-state index contributed by atoms with van der Waals surface area (Å²) in [5.41, 5.74) is 1.00. The first kappa shape index (κ1) is 15.6. The average molecular weight is 296 g/mol. The van der Waals surface area contributed by atoms with Crippen LogP contribution in [-0.4, -0.2) is 23.1 Å². The van der Waals surface area contributed by atoms with E-state index in [1.807, 2.05) is 6.92 Å². The molecule has 0 amide bonds. The molecule has 1 aromatic heterocycles. The van der Waals surface area contributed by atoms with Crippen LogP contribution in [0.1, 0.15) is 57.3 Å². The van der Waals surface area contributed by atoms with Crippen LogP contribution >= 0.6 is 11.6 Å². The number of nitrogens with zero attached hydrogens (tertiary/aromatic N) is 3. The van der Waals surface area contributed by atoms with Gasteiger partial charge in [0.2, 0.25) is 0 Å². The van der Waals surface area contributed by atoms with Crippen molar-refractivity contribution in [2.75, 3.05) is 11.9 Å². The number of rotatable bonds is 4. The Balaban J connectivity index is 2.17. The zero-order valence-corrected chi connectivity index (χ0v) is 13.9. The summed E-state index contributed by atoms with van der Waals surface area (Å²) in [6, 6.07) is 0.590. The van der Waals surface area contributed by atoms with Crippen LogP contribution in [0.4, 0.5) is 5.82 Å². The molecule has 0 aromatic carbocycles. The van der Waals surface area contributed by atoms with E-state index in [2.05, 4.69) is 30.8 Å². The van der Waals surface area contributed by atoms with Gasteiger partial charge in [-0.05, 0) is 38.5 Å². The molecule has 0 N–H and O–H groups in total. The number of hydrogen-bond donors (Lipinski definition) is 0. The van der Waals surface area contributed by atoms with E-state index in [0.29, 0.717) is 11.2 Å². The molecule has 4 heteroatoms. The van der Waals surface area contributed by atoms with E-state index in [9.17, 15) is 0 Å². The summed E-state index contributed by atoms with van der Waals surface area (Å²) in [5.74, 6) is 2.77. The van der Waals surface area contributed by atoms with Gasteiger partial charge in [-0.1, -0.05) is 31.9 Å². The lowest BCUT2D eigenvalue weighted by atomic mass is 9.84. The predicted octanol–water partition coefficient (Wildman–Crippen LogP) is 4.41. The van der Waals surface area contributed by atoms with E-state index >= 15 is 0 Å². The molecule has 0 spiro atoms. The van der Waals surface area contributed by atoms with E-state index < -0.39 is 0 Å². The Kier molecular flexibility index (Phi) is 5.25. The summed E-state index contributed by atoms with van der Waals surface area (Å²) in [4.78, 5) is 11.4. The second-order valence-corrected chi connectivity index (χ2v) is 6.28. The molecule has 1 aliphatic carbocycles. The van der Waals surface area contributed by atoms with Gasteiger partial charge in [0.1, 0.15) is 16.8 Å². The Hall–Kier alpha value is -0.830. The monoisotopic (exact) mass is 295 g/mol. The molecule has 0 bridgehead atoms. The van der Waals surface area contributed by atoms with Crippen LogP contribution in [0.2, 0.25) is 5.15 Å². The van der Waals surface area contributed by atoms with Crippen molar-refractivity contribution >= 4 is 17.4 Å². The van der Waals surface area contributed by atoms with Crippen molar-refractivity contribution in [3.63, 3.8) is 0 Å². The summed E-state index contributed by atoms with van der Waals surface area (Å²) < 4.78 is 0. The van der Waals surface area contributed by atoms with Gasteiger partial charge < -0.3 is 4.90 Å². The van der Waals surface area contributed by atoms with Gasteiger partial charge in [-0.15, -0.1) is 0 Å². The lowest BCUT2D eigenvalue weighted by Crippen LogP contribution is -2.36. The van der Waals surface area contributed by atoms with Gasteiger partial charge in [0, 0.05) is 25.1 Å². The highest BCUT2D eigenvalue weighted by Crippen LogP contribution is 2.32. The fraction of sp³-hybridized carbons (Fsp3) is 0.750. The molecule has 1 aromatic rings. The molecule has 3 nitrogen and oxygen atoms in total. The van der Waals surface area contributed by atoms with Crippen molar-refractivity contribution in [3.05, 3.63) is 16.5 Å². The van der Waals surface area contributed by atoms with Crippen molar-refractivity contribution in [2.24, 2.45) is 5.92 Å². The first-order chi connectivity index (χ1) is 9.56. The van der Waals surface area contributed by atoms with Crippen LogP contribution in [0.15, 0.2) is 0 Å². The van der Waals surface area contributed by atoms with Gasteiger partial charge in [-0.25, -0.2) is 9.97 Å². The van der Waals surface area contributed by atoms with Crippen molar-refractivity contribution < 1.29 is 0 Å². The number of hydrogen-bond acceptors (Lipinski definition) is 3. The highest BCUT2D eigenvalue weighted by atomic mass is 35.5. The third-order valence-electron chi connectivity index (χ3n) is 4.70. The molecule has 1 saturated carbocycles. The molecule has 20 heavy (non-hydrogen) atoms. The maximum Gasteiger partial charge on any atom is 0.137 e. The Morgan fingerprint density at radius 3 is 2.35 bits per heavy atom. The average Bonchev–Trinajstić information content (AvgIpc) is 2.49. The second kappa shape index (κ2) is 6.75. The number of aryl methyl sites for hydroxylation is 1. The molecule has 1 fully saturated rings. The fourth-order valence-electron chi connectivity index (χ4n) is 3.14. The van der Waals surface area contributed by atoms with E-state index in [4.69, 9.17) is 16.6 Å². The molecule has 1 heterocycles. The van der Waals surface area contributed by atoms with Crippen LogP contribution < -0.4 is 4.90 Å². The van der Waals surface area contributed by atoms with E-state index in [0.717, 1.165) is 29.5 Å². The molecule has 2 rings (SSSR count). The minimum atomic E-state index is 0.590. The quantitative estimate of drug-likeness (QED) is 0.771. The summed E-state index contributed by atoms with van der Waals surface area (Å²) >= 11 is 6.25. The Morgan fingerprint density at radius 2 is 1.80 bits per heavy atom. The van der Waals surface area contributed by atoms with E-state index in [1.165, 1.54) is 32.1 Å². The SMILES string of the molecule is CCc1nc(Cl)c(C)c(N(C)C2CCC(CC)CC2)n1. The van der Waals surface area contributed by atoms with Crippen molar-refractivity contribution in [1.82, 2.24) is 9.97 Å². The molecule has 0 unspecified atom stereocenters. The maximum atomic E-state index is 6.25. The number of halogens is 1. The van der Waals surface area contributed by atoms with Crippen LogP contribution in [0, 0.1) is 12.8 Å². The third kappa shape index (κ3) is 3.25. The van der Waals surface area contributed by atoms with Crippen molar-refractivity contribution in [1.29, 1.82) is 0 Å². The van der Waals surface area contributed by atoms with Gasteiger partial charge in [-0.3, -0.25) is 0 Å². The maximum absolute atomic E-state index is 6.25. The van der Waals surface area contributed by atoms with Gasteiger partial charge in [0.05, 0.1) is 0 Å². The summed E-state index contributed by atoms with van der Waals surface area (Å²) in [6.07, 6.45) is 7.33. The lowest BCUT2D eigenvalue weighted by molar-refractivity contribution is 0.312. The highest BCUT2D eigenvalue weighted by molar-refractivity contribution is 6.30. The van der Waals surface area contributed by atoms with E-state index in [1.54, 1.807) is 0 Å². The predicted molar refractivity (Wildman–Crippen MR) is 85.6 cm³/mol. The van der Waals surface area contributed by atoms with Gasteiger partial charge in [0.15, 0.2) is 0 Å². The largest absolute Gasteiger partial charge is 0.356 e. The van der Waals surface area contributed by atoms with E-state index in [-0.39, 0.29) is 0 Å². The number of anilines is 1. The van der Waals surface area contributed by atoms with Crippen LogP contribution in [0.25, 0.3) is 0 Å². The van der Waals surface area contributed by atoms with Crippen LogP contribution in [0.3, 0.4) is 0 Å². The first-order valence-corrected chi connectivity index (χ1v) is 8.20. The summed E-state index contributed by atoms with van der Waals surface area (Å²) in [7, 11) is 2.15. The molecule has 0 atom stereocenters. The number of aromatic nitrogens is 2. The minimum Gasteiger partial charge on any atom is -0.356 e. The summed E-state index contributed by atoms with van der Waals surface area (Å²) in [6.45, 7) is 6.39. The standard InChI is InChI=1S/C16H26ClN3/c1-5-12-7-9-13(10-8-12)20(4)16-11(3)15(17)18-14(6-2)19-16/h12-13H,5-10H2,1-4H3. The molecular formula is C16H26ClN3. The lowest BCUT2D eigenvalue weighted by Gasteiger charge is -2.35. The van der Waals surface area contributed by atoms with Crippen molar-refractivity contribution in [3.8, 4) is 0 Å². The minimum absolute atomic E-state index is 0.590. The zero-order chi connectivity index (χ0) is 14.7. The molecular weight excluding hydrogens is 270 g/mol. The smallest absolute Gasteiger partial charge is 0.137 e. The van der Waals surface area contributed by atoms with Crippen LogP contribution in [0.5, 0.6) is 0 Å². The van der Waals surface area contributed by atoms with Crippen molar-refractivity contribution in [2.45, 2.75) is 65.3 Å². The Morgan fingerprint density at radius 1 is 1.15 bits per heavy atom. The normalized spacial score (nSPS) is 22.9. The molecule has 1 aliphatic rings. The van der Waals surface area contributed by atoms with Gasteiger partial charge in [-0.2, -0.15) is 0 Å². The third-order valence-corrected chi connectivity index (χ3v) is 5.07. The van der Waals surface area contributed by atoms with Gasteiger partial charge in [0.25, 0.3) is 0 Å². The zero-order valence-electron chi connectivity index (χ0n) is 13.1.